The predicted molar refractivity (Wildman–Crippen MR) is 137 cm³/mol. The number of pyridine rings is 1. The van der Waals surface area contributed by atoms with E-state index >= 15 is 0 Å². The number of ether oxygens (including phenoxy) is 1. The minimum absolute atomic E-state index is 0.241. The maximum atomic E-state index is 13.2. The molecular weight excluding hydrogens is 446 g/mol. The van der Waals surface area contributed by atoms with Gasteiger partial charge in [0.05, 0.1) is 18.7 Å². The summed E-state index contributed by atoms with van der Waals surface area (Å²) in [4.78, 5) is 31.2. The molecule has 1 amide bonds. The Kier molecular flexibility index (Phi) is 7.25. The molecule has 0 unspecified atom stereocenters. The van der Waals surface area contributed by atoms with Crippen LogP contribution in [0.25, 0.3) is 10.8 Å². The number of rotatable bonds is 6. The summed E-state index contributed by atoms with van der Waals surface area (Å²) in [7, 11) is 0. The van der Waals surface area contributed by atoms with Gasteiger partial charge in [0, 0.05) is 23.6 Å². The quantitative estimate of drug-likeness (QED) is 0.312. The summed E-state index contributed by atoms with van der Waals surface area (Å²) in [5.41, 5.74) is 2.62. The average Bonchev–Trinajstić information content (AvgIpc) is 2.87. The molecule has 1 heterocycles. The first-order chi connectivity index (χ1) is 16.6. The lowest BCUT2D eigenvalue weighted by atomic mass is 10.0. The van der Waals surface area contributed by atoms with E-state index in [-0.39, 0.29) is 17.0 Å². The van der Waals surface area contributed by atoms with Crippen LogP contribution in [0.15, 0.2) is 91.3 Å². The topological polar surface area (TPSA) is 71.5 Å². The van der Waals surface area contributed by atoms with Crippen molar-refractivity contribution in [2.75, 3.05) is 11.5 Å². The van der Waals surface area contributed by atoms with Crippen molar-refractivity contribution in [1.29, 1.82) is 0 Å². The number of aromatic nitrogens is 1. The van der Waals surface area contributed by atoms with Crippen molar-refractivity contribution >= 4 is 45.7 Å². The lowest BCUT2D eigenvalue weighted by Gasteiger charge is -2.26. The predicted octanol–water partition coefficient (Wildman–Crippen LogP) is 5.13. The number of hydrogen-bond acceptors (Lipinski definition) is 5. The fourth-order valence-electron chi connectivity index (χ4n) is 3.60. The van der Waals surface area contributed by atoms with Crippen LogP contribution in [0.4, 0.5) is 5.69 Å². The number of carbonyl (C=O) groups excluding carboxylic acids is 2. The van der Waals surface area contributed by atoms with E-state index in [1.54, 1.807) is 54.5 Å². The van der Waals surface area contributed by atoms with Crippen molar-refractivity contribution in [2.24, 2.45) is 0 Å². The molecule has 6 nitrogen and oxygen atoms in total. The fourth-order valence-corrected chi connectivity index (χ4v) is 3.86. The third-order valence-electron chi connectivity index (χ3n) is 5.25. The molecule has 3 aromatic carbocycles. The van der Waals surface area contributed by atoms with Gasteiger partial charge in [0.1, 0.15) is 0 Å². The summed E-state index contributed by atoms with van der Waals surface area (Å²) in [6.07, 6.45) is 3.44. The Bertz CT molecular complexity index is 1320. The minimum Gasteiger partial charge on any atom is -0.462 e. The summed E-state index contributed by atoms with van der Waals surface area (Å²) < 4.78 is 5.06. The zero-order chi connectivity index (χ0) is 23.9. The molecule has 0 bridgehead atoms. The Labute approximate surface area is 203 Å². The summed E-state index contributed by atoms with van der Waals surface area (Å²) in [6.45, 7) is 2.46. The van der Waals surface area contributed by atoms with E-state index in [9.17, 15) is 9.59 Å². The number of benzene rings is 3. The zero-order valence-electron chi connectivity index (χ0n) is 18.6. The second-order valence-corrected chi connectivity index (χ2v) is 7.89. The van der Waals surface area contributed by atoms with Gasteiger partial charge in [-0.2, -0.15) is 0 Å². The zero-order valence-corrected chi connectivity index (χ0v) is 19.4. The molecule has 0 aliphatic carbocycles. The molecule has 1 aromatic heterocycles. The molecule has 4 rings (SSSR count). The van der Waals surface area contributed by atoms with Gasteiger partial charge in [0.25, 0.3) is 5.91 Å². The Morgan fingerprint density at radius 1 is 0.971 bits per heavy atom. The van der Waals surface area contributed by atoms with Crippen LogP contribution in [-0.2, 0) is 11.3 Å². The second kappa shape index (κ2) is 10.7. The van der Waals surface area contributed by atoms with E-state index in [2.05, 4.69) is 10.3 Å². The highest BCUT2D eigenvalue weighted by Gasteiger charge is 2.18. The molecule has 0 atom stereocenters. The highest BCUT2D eigenvalue weighted by atomic mass is 32.1. The van der Waals surface area contributed by atoms with Crippen molar-refractivity contribution < 1.29 is 14.3 Å². The highest BCUT2D eigenvalue weighted by molar-refractivity contribution is 7.80. The lowest BCUT2D eigenvalue weighted by Crippen LogP contribution is -2.42. The number of amides is 1. The summed E-state index contributed by atoms with van der Waals surface area (Å²) in [6, 6.07) is 24.0. The number of hydrogen-bond donors (Lipinski definition) is 1. The van der Waals surface area contributed by atoms with Crippen LogP contribution in [0.2, 0.25) is 0 Å². The van der Waals surface area contributed by atoms with Gasteiger partial charge >= 0.3 is 5.97 Å². The Hall–Kier alpha value is -4.10. The number of nitrogens with zero attached hydrogens (tertiary/aromatic N) is 2. The molecule has 0 fully saturated rings. The van der Waals surface area contributed by atoms with Crippen molar-refractivity contribution in [3.8, 4) is 0 Å². The number of anilines is 1. The summed E-state index contributed by atoms with van der Waals surface area (Å²) in [5, 5.41) is 4.94. The average molecular weight is 470 g/mol. The summed E-state index contributed by atoms with van der Waals surface area (Å²) >= 11 is 5.66. The number of carbonyl (C=O) groups is 2. The maximum Gasteiger partial charge on any atom is 0.338 e. The first-order valence-electron chi connectivity index (χ1n) is 10.8. The minimum atomic E-state index is -0.389. The Morgan fingerprint density at radius 2 is 1.74 bits per heavy atom. The normalized spacial score (nSPS) is 10.5. The van der Waals surface area contributed by atoms with Crippen LogP contribution in [0, 0.1) is 0 Å². The van der Waals surface area contributed by atoms with E-state index in [0.717, 1.165) is 22.0 Å². The first-order valence-corrected chi connectivity index (χ1v) is 11.2. The molecular formula is C27H23N3O3S. The van der Waals surface area contributed by atoms with Crippen LogP contribution in [0.1, 0.15) is 33.2 Å². The third-order valence-corrected chi connectivity index (χ3v) is 5.58. The fraction of sp³-hybridized carbons (Fsp3) is 0.111. The van der Waals surface area contributed by atoms with Crippen LogP contribution in [-0.4, -0.2) is 28.6 Å². The molecule has 7 heteroatoms. The van der Waals surface area contributed by atoms with Gasteiger partial charge in [-0.05, 0) is 71.9 Å². The molecule has 4 aromatic rings. The molecule has 1 N–H and O–H groups in total. The van der Waals surface area contributed by atoms with E-state index in [1.807, 2.05) is 48.5 Å². The Morgan fingerprint density at radius 3 is 2.47 bits per heavy atom. The SMILES string of the molecule is CCOC(=O)c1ccc(N(Cc2cccnc2)C(=S)NC(=O)c2cccc3ccccc23)cc1. The van der Waals surface area contributed by atoms with Gasteiger partial charge in [-0.3, -0.25) is 15.1 Å². The lowest BCUT2D eigenvalue weighted by molar-refractivity contribution is 0.0526. The summed E-state index contributed by atoms with van der Waals surface area (Å²) in [5.74, 6) is -0.680. The second-order valence-electron chi connectivity index (χ2n) is 7.50. The largest absolute Gasteiger partial charge is 0.462 e. The van der Waals surface area contributed by atoms with Crippen molar-refractivity contribution in [3.63, 3.8) is 0 Å². The highest BCUT2D eigenvalue weighted by Crippen LogP contribution is 2.21. The molecule has 0 saturated carbocycles. The standard InChI is InChI=1S/C27H23N3O3S/c1-2-33-26(32)21-12-14-22(15-13-21)30(18-19-7-6-16-28-17-19)27(34)29-25(31)24-11-5-9-20-8-3-4-10-23(20)24/h3-17H,2,18H2,1H3,(H,29,31,34). The number of thiocarbonyl (C=S) groups is 1. The van der Waals surface area contributed by atoms with Crippen LogP contribution < -0.4 is 10.2 Å². The van der Waals surface area contributed by atoms with Gasteiger partial charge in [0.15, 0.2) is 5.11 Å². The van der Waals surface area contributed by atoms with Gasteiger partial charge in [-0.25, -0.2) is 4.79 Å². The third kappa shape index (κ3) is 5.27. The molecule has 170 valence electrons. The van der Waals surface area contributed by atoms with E-state index in [4.69, 9.17) is 17.0 Å². The molecule has 0 radical (unpaired) electrons. The van der Waals surface area contributed by atoms with Crippen molar-refractivity contribution in [2.45, 2.75) is 13.5 Å². The monoisotopic (exact) mass is 469 g/mol. The first kappa shape index (κ1) is 23.1. The van der Waals surface area contributed by atoms with Gasteiger partial charge in [0.2, 0.25) is 0 Å². The van der Waals surface area contributed by atoms with Crippen LogP contribution >= 0.6 is 12.2 Å². The van der Waals surface area contributed by atoms with Crippen LogP contribution in [0.5, 0.6) is 0 Å². The molecule has 0 aliphatic heterocycles. The Balaban J connectivity index is 1.61. The van der Waals surface area contributed by atoms with Crippen molar-refractivity contribution in [3.05, 3.63) is 108 Å². The van der Waals surface area contributed by atoms with Gasteiger partial charge in [-0.15, -0.1) is 0 Å². The van der Waals surface area contributed by atoms with E-state index in [0.29, 0.717) is 24.3 Å². The van der Waals surface area contributed by atoms with Crippen molar-refractivity contribution in [1.82, 2.24) is 10.3 Å². The number of fused-ring (bicyclic) bond motifs is 1. The molecule has 0 aliphatic rings. The molecule has 0 saturated heterocycles. The van der Waals surface area contributed by atoms with Gasteiger partial charge < -0.3 is 9.64 Å². The van der Waals surface area contributed by atoms with Gasteiger partial charge in [-0.1, -0.05) is 42.5 Å². The number of esters is 1. The molecule has 0 spiro atoms. The van der Waals surface area contributed by atoms with E-state index < -0.39 is 0 Å². The van der Waals surface area contributed by atoms with Crippen LogP contribution in [0.3, 0.4) is 0 Å². The molecule has 34 heavy (non-hydrogen) atoms. The van der Waals surface area contributed by atoms with E-state index in [1.165, 1.54) is 0 Å². The smallest absolute Gasteiger partial charge is 0.338 e. The number of nitrogens with one attached hydrogen (secondary N) is 1. The maximum absolute atomic E-state index is 13.2.